The summed E-state index contributed by atoms with van der Waals surface area (Å²) in [5.74, 6) is 1.84. The lowest BCUT2D eigenvalue weighted by Gasteiger charge is -2.32. The molecule has 0 atom stereocenters. The Kier molecular flexibility index (Phi) is 4.81. The molecule has 0 aliphatic heterocycles. The van der Waals surface area contributed by atoms with Crippen molar-refractivity contribution in [2.75, 3.05) is 11.9 Å². The summed E-state index contributed by atoms with van der Waals surface area (Å²) in [6.45, 7) is 2.13. The third kappa shape index (κ3) is 3.35. The van der Waals surface area contributed by atoms with Gasteiger partial charge in [-0.05, 0) is 19.3 Å². The van der Waals surface area contributed by atoms with E-state index in [9.17, 15) is 0 Å². The van der Waals surface area contributed by atoms with Gasteiger partial charge in [0.2, 0.25) is 0 Å². The SMILES string of the molecule is CCCc1nc(Cl)cc(N(C)C2CCCCC2)n1. The molecule has 0 unspecified atom stereocenters. The van der Waals surface area contributed by atoms with Crippen molar-refractivity contribution in [3.8, 4) is 0 Å². The fourth-order valence-corrected chi connectivity index (χ4v) is 2.82. The van der Waals surface area contributed by atoms with Gasteiger partial charge in [0.1, 0.15) is 16.8 Å². The van der Waals surface area contributed by atoms with E-state index >= 15 is 0 Å². The molecule has 4 heteroatoms. The zero-order valence-electron chi connectivity index (χ0n) is 11.3. The molecular weight excluding hydrogens is 246 g/mol. The summed E-state index contributed by atoms with van der Waals surface area (Å²) in [7, 11) is 2.13. The minimum absolute atomic E-state index is 0.561. The van der Waals surface area contributed by atoms with Crippen molar-refractivity contribution >= 4 is 17.4 Å². The zero-order chi connectivity index (χ0) is 13.0. The van der Waals surface area contributed by atoms with Gasteiger partial charge in [0.05, 0.1) is 0 Å². The van der Waals surface area contributed by atoms with Crippen LogP contribution in [0.1, 0.15) is 51.3 Å². The molecular formula is C14H22ClN3. The first kappa shape index (κ1) is 13.6. The minimum Gasteiger partial charge on any atom is -0.357 e. The lowest BCUT2D eigenvalue weighted by molar-refractivity contribution is 0.425. The number of hydrogen-bond donors (Lipinski definition) is 0. The molecule has 18 heavy (non-hydrogen) atoms. The Labute approximate surface area is 115 Å². The zero-order valence-corrected chi connectivity index (χ0v) is 12.1. The second kappa shape index (κ2) is 6.37. The largest absolute Gasteiger partial charge is 0.357 e. The first-order chi connectivity index (χ1) is 8.70. The molecule has 3 nitrogen and oxygen atoms in total. The number of aromatic nitrogens is 2. The molecule has 100 valence electrons. The van der Waals surface area contributed by atoms with Crippen LogP contribution in [0.3, 0.4) is 0 Å². The summed E-state index contributed by atoms with van der Waals surface area (Å²) in [6, 6.07) is 2.49. The highest BCUT2D eigenvalue weighted by atomic mass is 35.5. The summed E-state index contributed by atoms with van der Waals surface area (Å²) in [4.78, 5) is 11.2. The second-order valence-electron chi connectivity index (χ2n) is 5.12. The van der Waals surface area contributed by atoms with Crippen molar-refractivity contribution in [1.82, 2.24) is 9.97 Å². The Morgan fingerprint density at radius 1 is 1.28 bits per heavy atom. The summed E-state index contributed by atoms with van der Waals surface area (Å²) in [6.07, 6.45) is 8.50. The molecule has 1 aromatic heterocycles. The van der Waals surface area contributed by atoms with Crippen LogP contribution in [0.25, 0.3) is 0 Å². The van der Waals surface area contributed by atoms with Crippen molar-refractivity contribution in [1.29, 1.82) is 0 Å². The summed E-state index contributed by atoms with van der Waals surface area (Å²) in [5.41, 5.74) is 0. The maximum Gasteiger partial charge on any atom is 0.134 e. The Hall–Kier alpha value is -0.830. The normalized spacial score (nSPS) is 16.8. The average Bonchev–Trinajstić information content (AvgIpc) is 2.38. The Morgan fingerprint density at radius 3 is 2.67 bits per heavy atom. The molecule has 1 aliphatic carbocycles. The molecule has 1 fully saturated rings. The number of hydrogen-bond acceptors (Lipinski definition) is 3. The molecule has 0 radical (unpaired) electrons. The maximum absolute atomic E-state index is 6.09. The van der Waals surface area contributed by atoms with Crippen LogP contribution in [0.5, 0.6) is 0 Å². The molecule has 1 aromatic rings. The predicted molar refractivity (Wildman–Crippen MR) is 76.3 cm³/mol. The molecule has 2 rings (SSSR count). The monoisotopic (exact) mass is 267 g/mol. The first-order valence-corrected chi connectivity index (χ1v) is 7.34. The molecule has 0 N–H and O–H groups in total. The quantitative estimate of drug-likeness (QED) is 0.776. The van der Waals surface area contributed by atoms with Gasteiger partial charge in [0, 0.05) is 25.6 Å². The molecule has 0 amide bonds. The van der Waals surface area contributed by atoms with Gasteiger partial charge in [0.25, 0.3) is 0 Å². The number of rotatable bonds is 4. The molecule has 0 bridgehead atoms. The van der Waals surface area contributed by atoms with Gasteiger partial charge in [0.15, 0.2) is 0 Å². The van der Waals surface area contributed by atoms with E-state index in [2.05, 4.69) is 28.8 Å². The van der Waals surface area contributed by atoms with Gasteiger partial charge in [-0.2, -0.15) is 0 Å². The van der Waals surface area contributed by atoms with Crippen LogP contribution in [-0.2, 0) is 6.42 Å². The third-order valence-corrected chi connectivity index (χ3v) is 3.88. The first-order valence-electron chi connectivity index (χ1n) is 6.97. The van der Waals surface area contributed by atoms with Gasteiger partial charge < -0.3 is 4.90 Å². The van der Waals surface area contributed by atoms with Crippen LogP contribution < -0.4 is 4.90 Å². The van der Waals surface area contributed by atoms with Gasteiger partial charge in [-0.15, -0.1) is 0 Å². The highest BCUT2D eigenvalue weighted by Gasteiger charge is 2.19. The predicted octanol–water partition coefficient (Wildman–Crippen LogP) is 3.85. The lowest BCUT2D eigenvalue weighted by Crippen LogP contribution is -2.34. The van der Waals surface area contributed by atoms with Crippen molar-refractivity contribution in [3.05, 3.63) is 17.0 Å². The van der Waals surface area contributed by atoms with Crippen LogP contribution in [0.4, 0.5) is 5.82 Å². The van der Waals surface area contributed by atoms with Crippen molar-refractivity contribution in [2.24, 2.45) is 0 Å². The van der Waals surface area contributed by atoms with E-state index in [0.717, 1.165) is 24.5 Å². The molecule has 1 aliphatic rings. The minimum atomic E-state index is 0.561. The van der Waals surface area contributed by atoms with Crippen molar-refractivity contribution < 1.29 is 0 Å². The Morgan fingerprint density at radius 2 is 2.00 bits per heavy atom. The van der Waals surface area contributed by atoms with Crippen LogP contribution in [0.15, 0.2) is 6.07 Å². The van der Waals surface area contributed by atoms with Gasteiger partial charge >= 0.3 is 0 Å². The third-order valence-electron chi connectivity index (χ3n) is 3.69. The number of nitrogens with zero attached hydrogens (tertiary/aromatic N) is 3. The number of anilines is 1. The van der Waals surface area contributed by atoms with E-state index in [1.165, 1.54) is 32.1 Å². The molecule has 0 aromatic carbocycles. The second-order valence-corrected chi connectivity index (χ2v) is 5.51. The van der Waals surface area contributed by atoms with E-state index in [1.54, 1.807) is 0 Å². The maximum atomic E-state index is 6.09. The van der Waals surface area contributed by atoms with Crippen molar-refractivity contribution in [2.45, 2.75) is 57.9 Å². The van der Waals surface area contributed by atoms with Crippen LogP contribution in [-0.4, -0.2) is 23.1 Å². The van der Waals surface area contributed by atoms with Gasteiger partial charge in [-0.1, -0.05) is 37.8 Å². The molecule has 1 saturated carbocycles. The fraction of sp³-hybridized carbons (Fsp3) is 0.714. The Balaban J connectivity index is 2.15. The van der Waals surface area contributed by atoms with Gasteiger partial charge in [-0.3, -0.25) is 0 Å². The molecule has 0 saturated heterocycles. The van der Waals surface area contributed by atoms with Crippen LogP contribution >= 0.6 is 11.6 Å². The lowest BCUT2D eigenvalue weighted by atomic mass is 9.94. The standard InChI is InChI=1S/C14H22ClN3/c1-3-7-13-16-12(15)10-14(17-13)18(2)11-8-5-4-6-9-11/h10-11H,3-9H2,1-2H3. The highest BCUT2D eigenvalue weighted by Crippen LogP contribution is 2.26. The smallest absolute Gasteiger partial charge is 0.134 e. The van der Waals surface area contributed by atoms with E-state index in [0.29, 0.717) is 11.2 Å². The van der Waals surface area contributed by atoms with E-state index < -0.39 is 0 Å². The van der Waals surface area contributed by atoms with Crippen LogP contribution in [0.2, 0.25) is 5.15 Å². The summed E-state index contributed by atoms with van der Waals surface area (Å²) < 4.78 is 0. The molecule has 1 heterocycles. The highest BCUT2D eigenvalue weighted by molar-refractivity contribution is 6.29. The summed E-state index contributed by atoms with van der Waals surface area (Å²) >= 11 is 6.09. The van der Waals surface area contributed by atoms with Crippen molar-refractivity contribution in [3.63, 3.8) is 0 Å². The Bertz CT molecular complexity index is 389. The fourth-order valence-electron chi connectivity index (χ4n) is 2.62. The van der Waals surface area contributed by atoms with Crippen LogP contribution in [0, 0.1) is 0 Å². The average molecular weight is 268 g/mol. The summed E-state index contributed by atoms with van der Waals surface area (Å²) in [5, 5.41) is 0.561. The number of aryl methyl sites for hydroxylation is 1. The molecule has 0 spiro atoms. The van der Waals surface area contributed by atoms with Gasteiger partial charge in [-0.25, -0.2) is 9.97 Å². The number of halogens is 1. The topological polar surface area (TPSA) is 29.0 Å². The van der Waals surface area contributed by atoms with E-state index in [4.69, 9.17) is 11.6 Å². The van der Waals surface area contributed by atoms with E-state index in [1.807, 2.05) is 6.07 Å². The van der Waals surface area contributed by atoms with E-state index in [-0.39, 0.29) is 0 Å².